The maximum atomic E-state index is 11.9. The second kappa shape index (κ2) is 5.19. The molecule has 0 aliphatic carbocycles. The summed E-state index contributed by atoms with van der Waals surface area (Å²) in [6.07, 6.45) is 0. The first-order valence-corrected chi connectivity index (χ1v) is 6.52. The molecule has 2 aromatic rings. The second-order valence-corrected chi connectivity index (χ2v) is 4.98. The molecule has 2 heterocycles. The molecule has 2 rings (SSSR count). The van der Waals surface area contributed by atoms with Crippen LogP contribution in [0.4, 0.5) is 5.13 Å². The van der Waals surface area contributed by atoms with E-state index in [0.29, 0.717) is 27.1 Å². The summed E-state index contributed by atoms with van der Waals surface area (Å²) in [4.78, 5) is 16.4. The van der Waals surface area contributed by atoms with E-state index in [2.05, 4.69) is 25.0 Å². The van der Waals surface area contributed by atoms with E-state index in [1.54, 1.807) is 19.2 Å². The Kier molecular flexibility index (Phi) is 3.63. The Hall–Kier alpha value is -1.87. The van der Waals surface area contributed by atoms with Crippen molar-refractivity contribution in [1.29, 1.82) is 0 Å². The van der Waals surface area contributed by atoms with E-state index < -0.39 is 0 Å². The maximum Gasteiger partial charge on any atom is 0.271 e. The van der Waals surface area contributed by atoms with E-state index in [-0.39, 0.29) is 5.91 Å². The zero-order valence-electron chi connectivity index (χ0n) is 9.54. The van der Waals surface area contributed by atoms with Crippen LogP contribution in [0.3, 0.4) is 0 Å². The van der Waals surface area contributed by atoms with Crippen LogP contribution < -0.4 is 5.32 Å². The van der Waals surface area contributed by atoms with E-state index in [9.17, 15) is 4.79 Å². The number of aryl methyl sites for hydroxylation is 1. The molecular formula is C9H9N5O2S2. The molecule has 9 heteroatoms. The van der Waals surface area contributed by atoms with E-state index in [0.717, 1.165) is 11.5 Å². The number of hydrogen-bond donors (Lipinski definition) is 2. The van der Waals surface area contributed by atoms with Crippen molar-refractivity contribution >= 4 is 39.6 Å². The molecule has 0 radical (unpaired) electrons. The maximum absolute atomic E-state index is 11.9. The average molecular weight is 283 g/mol. The Balaban J connectivity index is 2.13. The number of anilines is 1. The van der Waals surface area contributed by atoms with Crippen LogP contribution in [0.2, 0.25) is 0 Å². The van der Waals surface area contributed by atoms with Crippen LogP contribution in [-0.4, -0.2) is 31.4 Å². The summed E-state index contributed by atoms with van der Waals surface area (Å²) >= 11 is 2.29. The number of nitrogens with zero attached hydrogens (tertiary/aromatic N) is 4. The monoisotopic (exact) mass is 283 g/mol. The predicted octanol–water partition coefficient (Wildman–Crippen LogP) is 1.75. The van der Waals surface area contributed by atoms with Crippen molar-refractivity contribution in [1.82, 2.24) is 14.6 Å². The highest BCUT2D eigenvalue weighted by Crippen LogP contribution is 2.18. The molecule has 2 N–H and O–H groups in total. The third-order valence-electron chi connectivity index (χ3n) is 2.10. The van der Waals surface area contributed by atoms with Crippen molar-refractivity contribution in [2.75, 3.05) is 5.32 Å². The lowest BCUT2D eigenvalue weighted by Crippen LogP contribution is -2.11. The number of carbonyl (C=O) groups is 1. The molecule has 7 nitrogen and oxygen atoms in total. The Labute approximate surface area is 110 Å². The Morgan fingerprint density at radius 1 is 1.56 bits per heavy atom. The molecule has 0 spiro atoms. The van der Waals surface area contributed by atoms with Crippen LogP contribution in [0.25, 0.3) is 0 Å². The van der Waals surface area contributed by atoms with Crippen LogP contribution in [0.5, 0.6) is 0 Å². The molecule has 0 atom stereocenters. The molecular weight excluding hydrogens is 274 g/mol. The van der Waals surface area contributed by atoms with Gasteiger partial charge in [0, 0.05) is 5.38 Å². The molecule has 0 aromatic carbocycles. The molecule has 0 aliphatic heterocycles. The summed E-state index contributed by atoms with van der Waals surface area (Å²) in [5, 5.41) is 20.2. The lowest BCUT2D eigenvalue weighted by Gasteiger charge is -1.98. The smallest absolute Gasteiger partial charge is 0.271 e. The molecule has 0 fully saturated rings. The van der Waals surface area contributed by atoms with Crippen molar-refractivity contribution in [3.63, 3.8) is 0 Å². The number of amides is 1. The molecule has 0 saturated heterocycles. The van der Waals surface area contributed by atoms with Gasteiger partial charge in [0.1, 0.15) is 16.3 Å². The number of thiazole rings is 1. The summed E-state index contributed by atoms with van der Waals surface area (Å²) in [6.45, 7) is 3.34. The minimum atomic E-state index is -0.290. The van der Waals surface area contributed by atoms with E-state index in [4.69, 9.17) is 5.21 Å². The van der Waals surface area contributed by atoms with Crippen LogP contribution in [0.1, 0.15) is 28.0 Å². The highest BCUT2D eigenvalue weighted by atomic mass is 32.1. The third-order valence-corrected chi connectivity index (χ3v) is 3.69. The van der Waals surface area contributed by atoms with Crippen LogP contribution in [0.15, 0.2) is 10.5 Å². The Bertz CT molecular complexity index is 604. The molecule has 18 heavy (non-hydrogen) atoms. The Morgan fingerprint density at radius 2 is 2.33 bits per heavy atom. The van der Waals surface area contributed by atoms with E-state index in [1.165, 1.54) is 11.3 Å². The minimum Gasteiger partial charge on any atom is -0.411 e. The van der Waals surface area contributed by atoms with Crippen LogP contribution >= 0.6 is 22.9 Å². The fourth-order valence-corrected chi connectivity index (χ4v) is 2.44. The molecule has 0 aliphatic rings. The van der Waals surface area contributed by atoms with Crippen molar-refractivity contribution in [2.24, 2.45) is 5.16 Å². The van der Waals surface area contributed by atoms with Crippen molar-refractivity contribution in [2.45, 2.75) is 13.8 Å². The third kappa shape index (κ3) is 2.51. The quantitative estimate of drug-likeness (QED) is 0.508. The fourth-order valence-electron chi connectivity index (χ4n) is 1.14. The zero-order chi connectivity index (χ0) is 13.1. The van der Waals surface area contributed by atoms with Gasteiger partial charge >= 0.3 is 0 Å². The van der Waals surface area contributed by atoms with Gasteiger partial charge in [0.05, 0.1) is 5.69 Å². The zero-order valence-corrected chi connectivity index (χ0v) is 11.2. The number of carbonyl (C=O) groups excluding carboxylic acids is 1. The first-order chi connectivity index (χ1) is 8.61. The van der Waals surface area contributed by atoms with Gasteiger partial charge in [-0.2, -0.15) is 0 Å². The van der Waals surface area contributed by atoms with Gasteiger partial charge in [-0.15, -0.1) is 16.4 Å². The Morgan fingerprint density at radius 3 is 2.94 bits per heavy atom. The van der Waals surface area contributed by atoms with Gasteiger partial charge < -0.3 is 5.21 Å². The van der Waals surface area contributed by atoms with Gasteiger partial charge in [0.2, 0.25) is 0 Å². The minimum absolute atomic E-state index is 0.290. The molecule has 2 aromatic heterocycles. The first-order valence-electron chi connectivity index (χ1n) is 4.86. The van der Waals surface area contributed by atoms with Gasteiger partial charge in [-0.3, -0.25) is 10.1 Å². The fraction of sp³-hybridized carbons (Fsp3) is 0.222. The number of rotatable bonds is 3. The molecule has 0 unspecified atom stereocenters. The lowest BCUT2D eigenvalue weighted by molar-refractivity contribution is 0.103. The van der Waals surface area contributed by atoms with Crippen molar-refractivity contribution < 1.29 is 10.0 Å². The number of aromatic nitrogens is 3. The summed E-state index contributed by atoms with van der Waals surface area (Å²) in [7, 11) is 0. The van der Waals surface area contributed by atoms with E-state index >= 15 is 0 Å². The highest BCUT2D eigenvalue weighted by Gasteiger charge is 2.15. The second-order valence-electron chi connectivity index (χ2n) is 3.36. The van der Waals surface area contributed by atoms with Gasteiger partial charge in [0.25, 0.3) is 5.91 Å². The normalized spacial score (nSPS) is 11.6. The lowest BCUT2D eigenvalue weighted by atomic mass is 10.3. The highest BCUT2D eigenvalue weighted by molar-refractivity contribution is 7.14. The molecule has 0 bridgehead atoms. The number of hydrogen-bond acceptors (Lipinski definition) is 8. The van der Waals surface area contributed by atoms with Crippen molar-refractivity contribution in [3.8, 4) is 0 Å². The molecule has 1 amide bonds. The standard InChI is InChI=1S/C9H9N5O2S2/c1-4(13-16)6-3-17-9(10-6)11-8(15)7-5(2)12-14-18-7/h3,16H,1-2H3,(H,10,11,15). The van der Waals surface area contributed by atoms with Gasteiger partial charge in [-0.25, -0.2) is 4.98 Å². The van der Waals surface area contributed by atoms with E-state index in [1.807, 2.05) is 0 Å². The summed E-state index contributed by atoms with van der Waals surface area (Å²) in [6, 6.07) is 0. The average Bonchev–Trinajstić information content (AvgIpc) is 2.97. The van der Waals surface area contributed by atoms with Gasteiger partial charge in [-0.1, -0.05) is 9.64 Å². The first kappa shape index (κ1) is 12.6. The van der Waals surface area contributed by atoms with Gasteiger partial charge in [-0.05, 0) is 25.4 Å². The topological polar surface area (TPSA) is 100 Å². The summed E-state index contributed by atoms with van der Waals surface area (Å²) < 4.78 is 3.69. The van der Waals surface area contributed by atoms with Gasteiger partial charge in [0.15, 0.2) is 5.13 Å². The van der Waals surface area contributed by atoms with Crippen LogP contribution in [0, 0.1) is 6.92 Å². The number of nitrogens with one attached hydrogen (secondary N) is 1. The predicted molar refractivity (Wildman–Crippen MR) is 68.7 cm³/mol. The van der Waals surface area contributed by atoms with Crippen LogP contribution in [-0.2, 0) is 0 Å². The largest absolute Gasteiger partial charge is 0.411 e. The van der Waals surface area contributed by atoms with Crippen molar-refractivity contribution in [3.05, 3.63) is 21.6 Å². The summed E-state index contributed by atoms with van der Waals surface area (Å²) in [5.41, 5.74) is 1.50. The molecule has 94 valence electrons. The molecule has 0 saturated carbocycles. The SMILES string of the molecule is CC(=NO)c1csc(NC(=O)c2snnc2C)n1. The number of oxime groups is 1. The summed E-state index contributed by atoms with van der Waals surface area (Å²) in [5.74, 6) is -0.290.